The van der Waals surface area contributed by atoms with Crippen LogP contribution in [0.5, 0.6) is 0 Å². The molecule has 1 aliphatic rings. The highest BCUT2D eigenvalue weighted by atomic mass is 32.1. The number of aromatic nitrogens is 2. The van der Waals surface area contributed by atoms with Crippen LogP contribution in [0.1, 0.15) is 27.0 Å². The number of aliphatic imine (C=N–C) groups is 1. The molecule has 3 heterocycles. The molecule has 0 radical (unpaired) electrons. The molecule has 0 aliphatic carbocycles. The smallest absolute Gasteiger partial charge is 0.261 e. The van der Waals surface area contributed by atoms with Gasteiger partial charge in [0.2, 0.25) is 0 Å². The van der Waals surface area contributed by atoms with Crippen LogP contribution in [0.4, 0.5) is 14.5 Å². The van der Waals surface area contributed by atoms with Gasteiger partial charge in [0.1, 0.15) is 17.2 Å². The molecule has 0 saturated heterocycles. The topological polar surface area (TPSA) is 59.3 Å². The van der Waals surface area contributed by atoms with Gasteiger partial charge in [0.15, 0.2) is 0 Å². The number of thiophene rings is 1. The number of hydrogen-bond acceptors (Lipinski definition) is 4. The summed E-state index contributed by atoms with van der Waals surface area (Å²) in [7, 11) is 1.58. The van der Waals surface area contributed by atoms with Gasteiger partial charge in [0.05, 0.1) is 29.4 Å². The Balaban J connectivity index is 1.49. The Labute approximate surface area is 168 Å². The Morgan fingerprint density at radius 2 is 2.10 bits per heavy atom. The second-order valence-corrected chi connectivity index (χ2v) is 7.53. The lowest BCUT2D eigenvalue weighted by molar-refractivity contribution is 0.101. The van der Waals surface area contributed by atoms with E-state index in [0.717, 1.165) is 28.5 Å². The van der Waals surface area contributed by atoms with Gasteiger partial charge < -0.3 is 5.32 Å². The molecule has 1 amide bonds. The maximum absolute atomic E-state index is 14.8. The van der Waals surface area contributed by atoms with E-state index >= 15 is 0 Å². The third-order valence-corrected chi connectivity index (χ3v) is 5.68. The SMILES string of the molecule is Cn1ncc2c(F)c(C(=O)Nc3ccc4c(c3)C(c3ccsc3)=NC4)c(F)cc21. The molecule has 8 heteroatoms. The first-order valence-electron chi connectivity index (χ1n) is 8.84. The van der Waals surface area contributed by atoms with Gasteiger partial charge in [-0.15, -0.1) is 0 Å². The van der Waals surface area contributed by atoms with Gasteiger partial charge in [-0.2, -0.15) is 16.4 Å². The number of anilines is 1. The van der Waals surface area contributed by atoms with Crippen LogP contribution in [0.15, 0.2) is 52.3 Å². The van der Waals surface area contributed by atoms with E-state index in [4.69, 9.17) is 0 Å². The highest BCUT2D eigenvalue weighted by molar-refractivity contribution is 7.08. The monoisotopic (exact) mass is 408 g/mol. The molecule has 29 heavy (non-hydrogen) atoms. The van der Waals surface area contributed by atoms with Crippen LogP contribution < -0.4 is 5.32 Å². The van der Waals surface area contributed by atoms with Crippen molar-refractivity contribution >= 4 is 39.5 Å². The molecule has 1 N–H and O–H groups in total. The van der Waals surface area contributed by atoms with Crippen LogP contribution in [0, 0.1) is 11.6 Å². The lowest BCUT2D eigenvalue weighted by atomic mass is 10.0. The molecule has 0 fully saturated rings. The van der Waals surface area contributed by atoms with E-state index in [1.165, 1.54) is 10.9 Å². The van der Waals surface area contributed by atoms with E-state index in [-0.39, 0.29) is 10.9 Å². The van der Waals surface area contributed by atoms with Gasteiger partial charge in [-0.3, -0.25) is 14.5 Å². The first kappa shape index (κ1) is 17.7. The van der Waals surface area contributed by atoms with E-state index in [0.29, 0.717) is 12.2 Å². The number of benzene rings is 2. The standard InChI is InChI=1S/C21H14F2N4OS/c1-27-17-7-16(22)18(19(23)15(17)9-25-27)21(28)26-13-3-2-11-8-24-20(14(11)6-13)12-4-5-29-10-12/h2-7,9-10H,8H2,1H3,(H,26,28). The average Bonchev–Trinajstić information content (AvgIpc) is 3.42. The number of nitrogens with zero attached hydrogens (tertiary/aromatic N) is 3. The van der Waals surface area contributed by atoms with E-state index in [2.05, 4.69) is 15.4 Å². The van der Waals surface area contributed by atoms with E-state index < -0.39 is 23.1 Å². The summed E-state index contributed by atoms with van der Waals surface area (Å²) in [6.07, 6.45) is 1.28. The predicted molar refractivity (Wildman–Crippen MR) is 109 cm³/mol. The zero-order valence-corrected chi connectivity index (χ0v) is 16.1. The summed E-state index contributed by atoms with van der Waals surface area (Å²) in [6, 6.07) is 8.46. The van der Waals surface area contributed by atoms with Crippen molar-refractivity contribution in [2.45, 2.75) is 6.54 Å². The Kier molecular flexibility index (Phi) is 4.02. The summed E-state index contributed by atoms with van der Waals surface area (Å²) in [6.45, 7) is 0.565. The Morgan fingerprint density at radius 1 is 1.24 bits per heavy atom. The summed E-state index contributed by atoms with van der Waals surface area (Å²) in [5.41, 5.74) is 3.91. The third-order valence-electron chi connectivity index (χ3n) is 4.99. The van der Waals surface area contributed by atoms with Crippen LogP contribution in [0.3, 0.4) is 0 Å². The highest BCUT2D eigenvalue weighted by Crippen LogP contribution is 2.28. The molecule has 144 valence electrons. The van der Waals surface area contributed by atoms with Crippen molar-refractivity contribution in [1.29, 1.82) is 0 Å². The van der Waals surface area contributed by atoms with E-state index in [1.807, 2.05) is 22.9 Å². The molecular formula is C21H14F2N4OS. The maximum Gasteiger partial charge on any atom is 0.261 e. The first-order chi connectivity index (χ1) is 14.0. The van der Waals surface area contributed by atoms with Crippen LogP contribution in [-0.2, 0) is 13.6 Å². The van der Waals surface area contributed by atoms with Gasteiger partial charge in [-0.1, -0.05) is 6.07 Å². The van der Waals surface area contributed by atoms with E-state index in [1.54, 1.807) is 30.5 Å². The van der Waals surface area contributed by atoms with Gasteiger partial charge >= 0.3 is 0 Å². The average molecular weight is 408 g/mol. The number of carbonyl (C=O) groups excluding carboxylic acids is 1. The number of amides is 1. The molecule has 0 saturated carbocycles. The fraction of sp³-hybridized carbons (Fsp3) is 0.0952. The van der Waals surface area contributed by atoms with Gasteiger partial charge in [0, 0.05) is 35.3 Å². The summed E-state index contributed by atoms with van der Waals surface area (Å²) < 4.78 is 30.6. The summed E-state index contributed by atoms with van der Waals surface area (Å²) in [5, 5.41) is 10.6. The van der Waals surface area contributed by atoms with Crippen molar-refractivity contribution in [2.24, 2.45) is 12.0 Å². The van der Waals surface area contributed by atoms with Gasteiger partial charge in [0.25, 0.3) is 5.91 Å². The minimum Gasteiger partial charge on any atom is -0.322 e. The fourth-order valence-corrected chi connectivity index (χ4v) is 4.17. The number of halogens is 2. The second kappa shape index (κ2) is 6.59. The third kappa shape index (κ3) is 2.84. The molecule has 0 atom stereocenters. The van der Waals surface area contributed by atoms with Crippen molar-refractivity contribution in [3.63, 3.8) is 0 Å². The van der Waals surface area contributed by atoms with Crippen molar-refractivity contribution in [3.05, 3.63) is 81.2 Å². The van der Waals surface area contributed by atoms with Crippen LogP contribution in [0.2, 0.25) is 0 Å². The van der Waals surface area contributed by atoms with Crippen LogP contribution in [-0.4, -0.2) is 21.4 Å². The predicted octanol–water partition coefficient (Wildman–Crippen LogP) is 4.52. The summed E-state index contributed by atoms with van der Waals surface area (Å²) in [5.74, 6) is -2.71. The normalized spacial score (nSPS) is 12.9. The minimum absolute atomic E-state index is 0.0971. The van der Waals surface area contributed by atoms with Gasteiger partial charge in [-0.05, 0) is 29.1 Å². The lowest BCUT2D eigenvalue weighted by Crippen LogP contribution is -2.16. The summed E-state index contributed by atoms with van der Waals surface area (Å²) in [4.78, 5) is 17.2. The molecule has 1 aliphatic heterocycles. The van der Waals surface area contributed by atoms with Crippen molar-refractivity contribution in [2.75, 3.05) is 5.32 Å². The molecule has 0 unspecified atom stereocenters. The number of carbonyl (C=O) groups is 1. The quantitative estimate of drug-likeness (QED) is 0.542. The first-order valence-corrected chi connectivity index (χ1v) is 9.78. The number of nitrogens with one attached hydrogen (secondary N) is 1. The Hall–Kier alpha value is -3.39. The number of fused-ring (bicyclic) bond motifs is 2. The number of hydrogen-bond donors (Lipinski definition) is 1. The zero-order valence-electron chi connectivity index (χ0n) is 15.2. The molecule has 0 spiro atoms. The maximum atomic E-state index is 14.8. The van der Waals surface area contributed by atoms with Gasteiger partial charge in [-0.25, -0.2) is 8.78 Å². The molecule has 5 rings (SSSR count). The Morgan fingerprint density at radius 3 is 2.90 bits per heavy atom. The molecule has 0 bridgehead atoms. The van der Waals surface area contributed by atoms with Crippen molar-refractivity contribution in [1.82, 2.24) is 9.78 Å². The molecule has 2 aromatic carbocycles. The number of rotatable bonds is 3. The fourth-order valence-electron chi connectivity index (χ4n) is 3.53. The van der Waals surface area contributed by atoms with Crippen LogP contribution in [0.25, 0.3) is 10.9 Å². The van der Waals surface area contributed by atoms with Crippen LogP contribution >= 0.6 is 11.3 Å². The zero-order chi connectivity index (χ0) is 20.1. The molecule has 4 aromatic rings. The number of aryl methyl sites for hydroxylation is 1. The Bertz CT molecular complexity index is 1310. The molecular weight excluding hydrogens is 394 g/mol. The lowest BCUT2D eigenvalue weighted by Gasteiger charge is -2.10. The molecule has 2 aromatic heterocycles. The molecule has 5 nitrogen and oxygen atoms in total. The largest absolute Gasteiger partial charge is 0.322 e. The summed E-state index contributed by atoms with van der Waals surface area (Å²) >= 11 is 1.58. The van der Waals surface area contributed by atoms with E-state index in [9.17, 15) is 13.6 Å². The van der Waals surface area contributed by atoms with Crippen molar-refractivity contribution < 1.29 is 13.6 Å². The second-order valence-electron chi connectivity index (χ2n) is 6.75. The van der Waals surface area contributed by atoms with Crippen molar-refractivity contribution in [3.8, 4) is 0 Å². The highest BCUT2D eigenvalue weighted by Gasteiger charge is 2.23. The minimum atomic E-state index is -0.933.